The van der Waals surface area contributed by atoms with E-state index >= 15 is 0 Å². The van der Waals surface area contributed by atoms with E-state index in [1.54, 1.807) is 12.8 Å². The highest BCUT2D eigenvalue weighted by atomic mass is 28.3. The molecule has 6 bridgehead atoms. The minimum Gasteiger partial charge on any atom is -0.478 e. The van der Waals surface area contributed by atoms with Gasteiger partial charge in [-0.25, -0.2) is 4.79 Å². The third-order valence-electron chi connectivity index (χ3n) is 17.1. The van der Waals surface area contributed by atoms with Gasteiger partial charge in [-0.3, -0.25) is 0 Å². The first-order valence-corrected chi connectivity index (χ1v) is 19.9. The van der Waals surface area contributed by atoms with Crippen LogP contribution < -0.4 is 0 Å². The third-order valence-corrected chi connectivity index (χ3v) is 21.1. The van der Waals surface area contributed by atoms with E-state index in [1.165, 1.54) is 44.9 Å². The Labute approximate surface area is 242 Å². The summed E-state index contributed by atoms with van der Waals surface area (Å²) in [5.41, 5.74) is 3.50. The summed E-state index contributed by atoms with van der Waals surface area (Å²) in [6.45, 7) is 36.3. The fourth-order valence-electron chi connectivity index (χ4n) is 15.3. The molecule has 0 radical (unpaired) electrons. The summed E-state index contributed by atoms with van der Waals surface area (Å²) in [4.78, 5) is 9.25. The van der Waals surface area contributed by atoms with Crippen molar-refractivity contribution in [2.75, 3.05) is 0 Å². The standard InChI is InChI=1S/C33H58Si.C3H4O2/c1-26(2)22-13-16-29(7,25(26)19-22)30(8)17-14-23-20-32(30,27(23,3)4)31(9)18-15-24-21-33(31,28(24,5)6)34(10,11)12;1-2-3(4)5/h22-25H,13-21H2,1-12H3;2H,1H2,(H,4,5). The van der Waals surface area contributed by atoms with E-state index in [2.05, 4.69) is 88.5 Å². The van der Waals surface area contributed by atoms with Gasteiger partial charge >= 0.3 is 5.97 Å². The molecule has 0 aromatic rings. The fourth-order valence-corrected chi connectivity index (χ4v) is 20.2. The monoisotopic (exact) mass is 554 g/mol. The van der Waals surface area contributed by atoms with E-state index in [-0.39, 0.29) is 0 Å². The molecule has 0 spiro atoms. The number of rotatable bonds is 4. The van der Waals surface area contributed by atoms with Crippen molar-refractivity contribution >= 4 is 14.0 Å². The highest BCUT2D eigenvalue weighted by Crippen LogP contribution is 2.95. The van der Waals surface area contributed by atoms with Crippen molar-refractivity contribution in [3.63, 3.8) is 0 Å². The molecule has 0 heterocycles. The van der Waals surface area contributed by atoms with Crippen LogP contribution in [-0.4, -0.2) is 19.1 Å². The number of carboxylic acid groups (broad SMARTS) is 1. The van der Waals surface area contributed by atoms with Crippen molar-refractivity contribution in [3.05, 3.63) is 12.7 Å². The number of hydrogen-bond donors (Lipinski definition) is 1. The molecule has 9 rings (SSSR count). The van der Waals surface area contributed by atoms with Crippen LogP contribution in [0.2, 0.25) is 24.7 Å². The molecule has 9 aliphatic rings. The summed E-state index contributed by atoms with van der Waals surface area (Å²) in [6, 6.07) is 0. The van der Waals surface area contributed by atoms with Crippen LogP contribution in [0.4, 0.5) is 0 Å². The van der Waals surface area contributed by atoms with Crippen LogP contribution in [0.25, 0.3) is 0 Å². The van der Waals surface area contributed by atoms with Gasteiger partial charge in [-0.15, -0.1) is 0 Å². The highest BCUT2D eigenvalue weighted by Gasteiger charge is 2.87. The Balaban J connectivity index is 0.000000567. The summed E-state index contributed by atoms with van der Waals surface area (Å²) in [6.07, 6.45) is 14.5. The van der Waals surface area contributed by atoms with Crippen LogP contribution in [0.1, 0.15) is 120 Å². The van der Waals surface area contributed by atoms with E-state index in [9.17, 15) is 4.79 Å². The van der Waals surface area contributed by atoms with Crippen molar-refractivity contribution in [2.24, 2.45) is 61.6 Å². The second-order valence-corrected chi connectivity index (χ2v) is 24.2. The lowest BCUT2D eigenvalue weighted by Crippen LogP contribution is -2.83. The third kappa shape index (κ3) is 2.94. The van der Waals surface area contributed by atoms with Crippen molar-refractivity contribution < 1.29 is 9.90 Å². The largest absolute Gasteiger partial charge is 0.478 e. The van der Waals surface area contributed by atoms with Crippen LogP contribution >= 0.6 is 0 Å². The molecule has 0 aliphatic heterocycles. The zero-order valence-electron chi connectivity index (χ0n) is 27.8. The average molecular weight is 555 g/mol. The van der Waals surface area contributed by atoms with Crippen LogP contribution in [0.15, 0.2) is 12.7 Å². The maximum absolute atomic E-state index is 9.25. The molecule has 9 unspecified atom stereocenters. The van der Waals surface area contributed by atoms with Gasteiger partial charge in [-0.05, 0) is 124 Å². The summed E-state index contributed by atoms with van der Waals surface area (Å²) in [5, 5.41) is 8.19. The Hall–Kier alpha value is -0.573. The van der Waals surface area contributed by atoms with E-state index in [0.29, 0.717) is 42.9 Å². The molecule has 0 aromatic carbocycles. The first-order chi connectivity index (χ1) is 17.6. The summed E-state index contributed by atoms with van der Waals surface area (Å²) >= 11 is 0. The predicted octanol–water partition coefficient (Wildman–Crippen LogP) is 10.5. The van der Waals surface area contributed by atoms with Crippen molar-refractivity contribution in [2.45, 2.75) is 145 Å². The topological polar surface area (TPSA) is 37.3 Å². The van der Waals surface area contributed by atoms with Gasteiger partial charge < -0.3 is 5.11 Å². The van der Waals surface area contributed by atoms with Crippen LogP contribution in [0, 0.1) is 61.6 Å². The van der Waals surface area contributed by atoms with Gasteiger partial charge in [0.2, 0.25) is 0 Å². The molecule has 222 valence electrons. The van der Waals surface area contributed by atoms with Crippen LogP contribution in [0.3, 0.4) is 0 Å². The van der Waals surface area contributed by atoms with Crippen molar-refractivity contribution in [1.29, 1.82) is 0 Å². The lowest BCUT2D eigenvalue weighted by Gasteiger charge is -2.90. The van der Waals surface area contributed by atoms with E-state index in [4.69, 9.17) is 5.11 Å². The molecule has 3 heteroatoms. The molecule has 0 saturated heterocycles. The number of hydrogen-bond acceptors (Lipinski definition) is 1. The molecule has 39 heavy (non-hydrogen) atoms. The zero-order valence-corrected chi connectivity index (χ0v) is 28.8. The van der Waals surface area contributed by atoms with Crippen molar-refractivity contribution in [3.8, 4) is 0 Å². The van der Waals surface area contributed by atoms with Gasteiger partial charge in [-0.2, -0.15) is 0 Å². The Bertz CT molecular complexity index is 1060. The molecule has 9 atom stereocenters. The van der Waals surface area contributed by atoms with Crippen molar-refractivity contribution in [1.82, 2.24) is 0 Å². The van der Waals surface area contributed by atoms with E-state index < -0.39 is 14.0 Å². The lowest BCUT2D eigenvalue weighted by atomic mass is 9.17. The summed E-state index contributed by atoms with van der Waals surface area (Å²) in [5.74, 6) is 2.90. The Morgan fingerprint density at radius 3 is 1.67 bits per heavy atom. The van der Waals surface area contributed by atoms with E-state index in [0.717, 1.165) is 29.7 Å². The maximum atomic E-state index is 9.25. The summed E-state index contributed by atoms with van der Waals surface area (Å²) in [7, 11) is -1.43. The minimum absolute atomic E-state index is 0.464. The molecule has 9 aliphatic carbocycles. The number of carbonyl (C=O) groups is 1. The van der Waals surface area contributed by atoms with E-state index in [1.807, 2.05) is 0 Å². The Morgan fingerprint density at radius 1 is 0.769 bits per heavy atom. The Kier molecular flexibility index (Phi) is 6.19. The quantitative estimate of drug-likeness (QED) is 0.277. The van der Waals surface area contributed by atoms with Crippen LogP contribution in [0.5, 0.6) is 0 Å². The fraction of sp³-hybridized carbons (Fsp3) is 0.917. The highest BCUT2D eigenvalue weighted by molar-refractivity contribution is 6.79. The first kappa shape index (κ1) is 29.9. The molecular weight excluding hydrogens is 492 g/mol. The maximum Gasteiger partial charge on any atom is 0.327 e. The smallest absolute Gasteiger partial charge is 0.327 e. The second kappa shape index (κ2) is 8.07. The van der Waals surface area contributed by atoms with Crippen LogP contribution in [-0.2, 0) is 4.79 Å². The summed E-state index contributed by atoms with van der Waals surface area (Å²) < 4.78 is 0. The first-order valence-electron chi connectivity index (χ1n) is 16.4. The Morgan fingerprint density at radius 2 is 1.26 bits per heavy atom. The molecule has 9 fully saturated rings. The van der Waals surface area contributed by atoms with Gasteiger partial charge in [0.1, 0.15) is 0 Å². The molecule has 2 nitrogen and oxygen atoms in total. The number of fused-ring (bicyclic) bond motifs is 7. The predicted molar refractivity (Wildman–Crippen MR) is 167 cm³/mol. The van der Waals surface area contributed by atoms with Gasteiger partial charge in [0, 0.05) is 6.08 Å². The van der Waals surface area contributed by atoms with Gasteiger partial charge in [0.15, 0.2) is 0 Å². The molecule has 1 N–H and O–H groups in total. The van der Waals surface area contributed by atoms with Gasteiger partial charge in [0.05, 0.1) is 8.07 Å². The average Bonchev–Trinajstić information content (AvgIpc) is 2.82. The lowest BCUT2D eigenvalue weighted by molar-refractivity contribution is -0.384. The minimum atomic E-state index is -1.43. The number of carboxylic acids is 1. The molecule has 0 aromatic heterocycles. The zero-order chi connectivity index (χ0) is 29.5. The number of aliphatic carboxylic acids is 1. The second-order valence-electron chi connectivity index (χ2n) is 18.9. The SMILES string of the molecule is C=CC(=O)O.CC1(C)C2CCC(C)(C3(C)CCC4CC3(C3(C)CCC5CC3([Si](C)(C)C)C5(C)C)C4(C)C)C1C2. The molecular formula is C36H62O2Si. The molecule has 0 amide bonds. The molecule has 9 saturated carbocycles. The van der Waals surface area contributed by atoms with Gasteiger partial charge in [-0.1, -0.05) is 88.5 Å². The van der Waals surface area contributed by atoms with Gasteiger partial charge in [0.25, 0.3) is 0 Å². The normalized spacial score (nSPS) is 51.6.